The number of nitriles is 1. The van der Waals surface area contributed by atoms with Gasteiger partial charge in [0.25, 0.3) is 0 Å². The van der Waals surface area contributed by atoms with Crippen LogP contribution in [-0.2, 0) is 10.2 Å². The number of alkyl carbamates (subject to hydrolysis) is 1. The number of nitrogens with one attached hydrogen (secondary N) is 2. The van der Waals surface area contributed by atoms with Gasteiger partial charge in [0.1, 0.15) is 5.82 Å². The minimum absolute atomic E-state index is 0.0268. The van der Waals surface area contributed by atoms with E-state index in [0.717, 1.165) is 88.9 Å². The predicted octanol–water partition coefficient (Wildman–Crippen LogP) is 5.91. The molecule has 2 N–H and O–H groups in total. The maximum atomic E-state index is 14.9. The Kier molecular flexibility index (Phi) is 9.20. The number of likely N-dealkylation sites (tertiary alicyclic amines) is 2. The van der Waals surface area contributed by atoms with Gasteiger partial charge in [0.15, 0.2) is 0 Å². The lowest BCUT2D eigenvalue weighted by Crippen LogP contribution is -2.59. The van der Waals surface area contributed by atoms with Crippen LogP contribution in [0.3, 0.4) is 0 Å². The summed E-state index contributed by atoms with van der Waals surface area (Å²) < 4.78 is 20.0. The van der Waals surface area contributed by atoms with Crippen LogP contribution in [0.25, 0.3) is 0 Å². The van der Waals surface area contributed by atoms with Crippen LogP contribution in [0.4, 0.5) is 14.9 Å². The van der Waals surface area contributed by atoms with Crippen molar-refractivity contribution in [3.63, 3.8) is 0 Å². The van der Waals surface area contributed by atoms with Crippen LogP contribution in [0.15, 0.2) is 48.5 Å². The van der Waals surface area contributed by atoms with E-state index < -0.39 is 0 Å². The number of nitrogens with zero attached hydrogens (tertiary/aromatic N) is 3. The number of halogens is 1. The second-order valence-corrected chi connectivity index (χ2v) is 13.3. The summed E-state index contributed by atoms with van der Waals surface area (Å²) in [6, 6.07) is 18.4. The van der Waals surface area contributed by atoms with Crippen molar-refractivity contribution in [2.45, 2.75) is 81.3 Å². The maximum Gasteiger partial charge on any atom is 0.407 e. The lowest BCUT2D eigenvalue weighted by atomic mass is 9.57. The van der Waals surface area contributed by atoms with Gasteiger partial charge < -0.3 is 25.2 Å². The molecule has 2 aliphatic heterocycles. The lowest BCUT2D eigenvalue weighted by Gasteiger charge is -2.54. The molecule has 5 atom stereocenters. The molecule has 2 aliphatic carbocycles. The molecule has 0 radical (unpaired) electrons. The van der Waals surface area contributed by atoms with E-state index in [1.807, 2.05) is 30.3 Å². The second kappa shape index (κ2) is 13.2. The topological polar surface area (TPSA) is 80.6 Å². The number of benzene rings is 2. The first-order chi connectivity index (χ1) is 21.0. The Morgan fingerprint density at radius 3 is 2.49 bits per heavy atom. The highest BCUT2D eigenvalue weighted by atomic mass is 19.1. The molecule has 2 saturated carbocycles. The highest BCUT2D eigenvalue weighted by Crippen LogP contribution is 2.52. The van der Waals surface area contributed by atoms with E-state index in [9.17, 15) is 9.18 Å². The molecular formula is C35H46FN5O2. The predicted molar refractivity (Wildman–Crippen MR) is 166 cm³/mol. The number of ether oxygens (including phenoxy) is 1. The van der Waals surface area contributed by atoms with Crippen LogP contribution in [0, 0.1) is 29.0 Å². The van der Waals surface area contributed by atoms with E-state index in [4.69, 9.17) is 10.00 Å². The number of methoxy groups -OCH3 is 1. The zero-order chi connectivity index (χ0) is 29.8. The largest absolute Gasteiger partial charge is 0.453 e. The fraction of sp³-hybridized carbons (Fsp3) is 0.600. The molecule has 2 saturated heterocycles. The molecule has 0 spiro atoms. The average molecular weight is 588 g/mol. The van der Waals surface area contributed by atoms with E-state index in [2.05, 4.69) is 32.6 Å². The van der Waals surface area contributed by atoms with Crippen molar-refractivity contribution >= 4 is 11.8 Å². The summed E-state index contributed by atoms with van der Waals surface area (Å²) in [6.07, 6.45) is 9.50. The van der Waals surface area contributed by atoms with Crippen molar-refractivity contribution in [1.82, 2.24) is 15.1 Å². The minimum Gasteiger partial charge on any atom is -0.453 e. The van der Waals surface area contributed by atoms with Crippen LogP contribution in [0.5, 0.6) is 0 Å². The molecule has 1 amide bonds. The third-order valence-electron chi connectivity index (χ3n) is 11.0. The molecule has 2 heterocycles. The second-order valence-electron chi connectivity index (χ2n) is 13.3. The molecule has 2 aromatic carbocycles. The molecule has 230 valence electrons. The van der Waals surface area contributed by atoms with Gasteiger partial charge in [-0.3, -0.25) is 0 Å². The SMILES string of the molecule is COC(=O)N[C@H]1CCC[C@@H]1[C@](CN1CCC1)(c1cccc(F)c1)C1CCN(C2CC[C@H](Nc3ccc(C#N)cc3)C2)CC1. The molecule has 7 nitrogen and oxygen atoms in total. The Balaban J connectivity index is 1.20. The van der Waals surface area contributed by atoms with Crippen molar-refractivity contribution in [2.24, 2.45) is 11.8 Å². The molecule has 8 heteroatoms. The zero-order valence-electron chi connectivity index (χ0n) is 25.4. The third kappa shape index (κ3) is 6.39. The molecule has 0 bridgehead atoms. The Morgan fingerprint density at radius 1 is 1.02 bits per heavy atom. The summed E-state index contributed by atoms with van der Waals surface area (Å²) in [5.41, 5.74) is 2.65. The molecule has 4 fully saturated rings. The number of rotatable bonds is 9. The van der Waals surface area contributed by atoms with Crippen LogP contribution < -0.4 is 10.6 Å². The van der Waals surface area contributed by atoms with Crippen LogP contribution in [0.1, 0.15) is 68.9 Å². The molecular weight excluding hydrogens is 541 g/mol. The fourth-order valence-corrected chi connectivity index (χ4v) is 8.81. The van der Waals surface area contributed by atoms with Gasteiger partial charge in [0.05, 0.1) is 18.7 Å². The molecule has 0 aromatic heterocycles. The van der Waals surface area contributed by atoms with Crippen LogP contribution in [-0.4, -0.2) is 73.9 Å². The van der Waals surface area contributed by atoms with Gasteiger partial charge in [-0.05, 0) is 131 Å². The molecule has 2 aromatic rings. The van der Waals surface area contributed by atoms with E-state index >= 15 is 0 Å². The summed E-state index contributed by atoms with van der Waals surface area (Å²) in [7, 11) is 1.43. The standard InChI is InChI=1S/C35H46FN5O2/c1-43-34(42)39-33-8-3-7-32(33)35(24-40-17-4-18-40,27-5-2-6-28(36)21-27)26-15-19-41(20-16-26)31-14-13-30(22-31)38-29-11-9-25(23-37)10-12-29/h2,5-6,9-12,21,26,30-33,38H,3-4,7-8,13-20,22,24H2,1H3,(H,39,42)/t30-,31?,32-,33-,35-/m0/s1. The van der Waals surface area contributed by atoms with Gasteiger partial charge in [0, 0.05) is 35.8 Å². The van der Waals surface area contributed by atoms with Gasteiger partial charge in [0.2, 0.25) is 0 Å². The van der Waals surface area contributed by atoms with E-state index in [-0.39, 0.29) is 29.3 Å². The van der Waals surface area contributed by atoms with Crippen molar-refractivity contribution in [3.8, 4) is 6.07 Å². The van der Waals surface area contributed by atoms with Crippen molar-refractivity contribution in [1.29, 1.82) is 5.26 Å². The first kappa shape index (κ1) is 29.9. The van der Waals surface area contributed by atoms with E-state index in [1.165, 1.54) is 20.0 Å². The van der Waals surface area contributed by atoms with Gasteiger partial charge in [-0.15, -0.1) is 0 Å². The first-order valence-electron chi connectivity index (χ1n) is 16.3. The Bertz CT molecular complexity index is 1290. The van der Waals surface area contributed by atoms with Gasteiger partial charge in [-0.1, -0.05) is 18.6 Å². The fourth-order valence-electron chi connectivity index (χ4n) is 8.81. The minimum atomic E-state index is -0.366. The number of carbonyl (C=O) groups is 1. The van der Waals surface area contributed by atoms with Crippen molar-refractivity contribution in [3.05, 3.63) is 65.5 Å². The average Bonchev–Trinajstić information content (AvgIpc) is 3.67. The molecule has 1 unspecified atom stereocenters. The summed E-state index contributed by atoms with van der Waals surface area (Å²) in [5, 5.41) is 16.0. The Morgan fingerprint density at radius 2 is 1.81 bits per heavy atom. The highest BCUT2D eigenvalue weighted by molar-refractivity contribution is 5.67. The normalized spacial score (nSPS) is 28.0. The van der Waals surface area contributed by atoms with Gasteiger partial charge in [-0.2, -0.15) is 5.26 Å². The summed E-state index contributed by atoms with van der Waals surface area (Å²) in [6.45, 7) is 5.21. The zero-order valence-corrected chi connectivity index (χ0v) is 25.4. The van der Waals surface area contributed by atoms with Crippen LogP contribution in [0.2, 0.25) is 0 Å². The quantitative estimate of drug-likeness (QED) is 0.380. The lowest BCUT2D eigenvalue weighted by molar-refractivity contribution is 0.0180. The maximum absolute atomic E-state index is 14.9. The molecule has 43 heavy (non-hydrogen) atoms. The molecule has 4 aliphatic rings. The Hall–Kier alpha value is -3.15. The Labute approximate surface area is 255 Å². The highest BCUT2D eigenvalue weighted by Gasteiger charge is 2.53. The number of carbonyl (C=O) groups excluding carboxylic acids is 1. The third-order valence-corrected chi connectivity index (χ3v) is 11.0. The number of amides is 1. The summed E-state index contributed by atoms with van der Waals surface area (Å²) in [4.78, 5) is 17.7. The number of hydrogen-bond acceptors (Lipinski definition) is 6. The van der Waals surface area contributed by atoms with Crippen molar-refractivity contribution < 1.29 is 13.9 Å². The number of hydrogen-bond donors (Lipinski definition) is 2. The van der Waals surface area contributed by atoms with E-state index in [1.54, 1.807) is 12.1 Å². The summed E-state index contributed by atoms with van der Waals surface area (Å²) in [5.74, 6) is 0.466. The molecule has 6 rings (SSSR count). The van der Waals surface area contributed by atoms with Gasteiger partial charge in [-0.25, -0.2) is 9.18 Å². The van der Waals surface area contributed by atoms with Crippen LogP contribution >= 0.6 is 0 Å². The summed E-state index contributed by atoms with van der Waals surface area (Å²) >= 11 is 0. The smallest absolute Gasteiger partial charge is 0.407 e. The van der Waals surface area contributed by atoms with E-state index in [0.29, 0.717) is 23.6 Å². The number of piperidine rings is 1. The van der Waals surface area contributed by atoms with Crippen molar-refractivity contribution in [2.75, 3.05) is 45.2 Å². The first-order valence-corrected chi connectivity index (χ1v) is 16.3. The monoisotopic (exact) mass is 587 g/mol. The van der Waals surface area contributed by atoms with Gasteiger partial charge >= 0.3 is 6.09 Å². The number of anilines is 1.